The maximum atomic E-state index is 10.6. The fourth-order valence-corrected chi connectivity index (χ4v) is 0.789. The minimum atomic E-state index is -0.576. The molecule has 0 radical (unpaired) electrons. The van der Waals surface area contributed by atoms with Crippen LogP contribution >= 0.6 is 0 Å². The molecule has 0 heterocycles. The molecule has 0 spiro atoms. The van der Waals surface area contributed by atoms with Gasteiger partial charge in [0.15, 0.2) is 0 Å². The van der Waals surface area contributed by atoms with E-state index in [1.165, 1.54) is 6.41 Å². The number of primary amides is 1. The van der Waals surface area contributed by atoms with E-state index >= 15 is 0 Å². The van der Waals surface area contributed by atoms with Gasteiger partial charge in [-0.05, 0) is 12.3 Å². The van der Waals surface area contributed by atoms with Crippen LogP contribution in [0.3, 0.4) is 0 Å². The first-order chi connectivity index (χ1) is 5.07. The summed E-state index contributed by atoms with van der Waals surface area (Å²) < 4.78 is 0. The molecule has 0 saturated heterocycles. The number of nitrogens with two attached hydrogens (primary N) is 1. The van der Waals surface area contributed by atoms with Crippen molar-refractivity contribution in [2.45, 2.75) is 26.3 Å². The third kappa shape index (κ3) is 7.13. The molecular formula is C7H13N2O2Yb-. The number of amides is 2. The molecule has 1 atom stereocenters. The second kappa shape index (κ2) is 8.08. The molecule has 0 aliphatic rings. The summed E-state index contributed by atoms with van der Waals surface area (Å²) in [4.78, 5) is 20.5. The third-order valence-corrected chi connectivity index (χ3v) is 1.28. The summed E-state index contributed by atoms with van der Waals surface area (Å²) >= 11 is 0. The number of nitrogens with one attached hydrogen (secondary N) is 1. The average Bonchev–Trinajstić information content (AvgIpc) is 1.86. The van der Waals surface area contributed by atoms with Gasteiger partial charge in [-0.1, -0.05) is 13.8 Å². The van der Waals surface area contributed by atoms with E-state index in [4.69, 9.17) is 5.73 Å². The Morgan fingerprint density at radius 2 is 2.08 bits per heavy atom. The molecule has 0 fully saturated rings. The molecule has 2 amide bonds. The van der Waals surface area contributed by atoms with Gasteiger partial charge in [-0.3, -0.25) is 4.79 Å². The topological polar surface area (TPSA) is 72.2 Å². The van der Waals surface area contributed by atoms with Crippen molar-refractivity contribution in [3.63, 3.8) is 0 Å². The van der Waals surface area contributed by atoms with Crippen LogP contribution in [0.5, 0.6) is 0 Å². The summed E-state index contributed by atoms with van der Waals surface area (Å²) in [6.07, 6.45) is 2.01. The summed E-state index contributed by atoms with van der Waals surface area (Å²) in [5.74, 6) is -0.185. The molecule has 0 aliphatic heterocycles. The predicted molar refractivity (Wildman–Crippen MR) is 41.3 cm³/mol. The van der Waals surface area contributed by atoms with Gasteiger partial charge in [0, 0.05) is 46.9 Å². The Morgan fingerprint density at radius 1 is 1.58 bits per heavy atom. The Balaban J connectivity index is 0. The molecule has 0 aliphatic carbocycles. The number of carbonyl (C=O) groups is 1. The van der Waals surface area contributed by atoms with Crippen molar-refractivity contribution in [3.8, 4) is 0 Å². The Labute approximate surface area is 111 Å². The van der Waals surface area contributed by atoms with Crippen LogP contribution in [0, 0.1) is 52.8 Å². The fourth-order valence-electron chi connectivity index (χ4n) is 0.789. The van der Waals surface area contributed by atoms with E-state index in [0.717, 1.165) is 0 Å². The Kier molecular flexibility index (Phi) is 10.1. The average molecular weight is 330 g/mol. The minimum Gasteiger partial charge on any atom is -0.520 e. The molecule has 3 N–H and O–H groups in total. The number of hydrogen-bond acceptors (Lipinski definition) is 2. The molecule has 12 heavy (non-hydrogen) atoms. The largest absolute Gasteiger partial charge is 0.520 e. The van der Waals surface area contributed by atoms with E-state index in [2.05, 4.69) is 5.32 Å². The van der Waals surface area contributed by atoms with Gasteiger partial charge in [-0.2, -0.15) is 6.41 Å². The molecule has 0 saturated carbocycles. The molecule has 0 rings (SSSR count). The van der Waals surface area contributed by atoms with Crippen molar-refractivity contribution in [1.82, 2.24) is 5.32 Å². The smallest absolute Gasteiger partial charge is 0.237 e. The van der Waals surface area contributed by atoms with E-state index < -0.39 is 11.9 Å². The first-order valence-electron chi connectivity index (χ1n) is 3.50. The summed E-state index contributed by atoms with van der Waals surface area (Å²) in [7, 11) is 0. The van der Waals surface area contributed by atoms with Crippen LogP contribution in [0.4, 0.5) is 0 Å². The van der Waals surface area contributed by atoms with Crippen LogP contribution in [0.1, 0.15) is 20.3 Å². The summed E-state index contributed by atoms with van der Waals surface area (Å²) in [6, 6.07) is -0.576. The van der Waals surface area contributed by atoms with Gasteiger partial charge in [-0.25, -0.2) is 0 Å². The molecule has 0 unspecified atom stereocenters. The minimum absolute atomic E-state index is 0. The fraction of sp³-hybridized carbons (Fsp3) is 0.714. The molecule has 4 nitrogen and oxygen atoms in total. The monoisotopic (exact) mass is 331 g/mol. The van der Waals surface area contributed by atoms with Gasteiger partial charge < -0.3 is 15.8 Å². The second-order valence-corrected chi connectivity index (χ2v) is 2.83. The number of hydrogen-bond donors (Lipinski definition) is 2. The van der Waals surface area contributed by atoms with Crippen LogP contribution in [0.15, 0.2) is 0 Å². The maximum Gasteiger partial charge on any atom is 0.237 e. The van der Waals surface area contributed by atoms with Crippen LogP contribution in [0.2, 0.25) is 0 Å². The van der Waals surface area contributed by atoms with E-state index in [1.54, 1.807) is 0 Å². The van der Waals surface area contributed by atoms with Crippen molar-refractivity contribution in [3.05, 3.63) is 0 Å². The standard InChI is InChI=1S/C7H13N2O2.Yb/c1-5(2)3-6(7(8)11)9-4-10;/h5-6H,3H2,1-2H3,(H2,8,11)(H,9,10);/q-1;/t6-;/m0./s1. The zero-order valence-electron chi connectivity index (χ0n) is 7.02. The van der Waals surface area contributed by atoms with Crippen LogP contribution in [0.25, 0.3) is 0 Å². The summed E-state index contributed by atoms with van der Waals surface area (Å²) in [6.45, 7) is 3.89. The Hall–Kier alpha value is 0.459. The van der Waals surface area contributed by atoms with E-state index in [-0.39, 0.29) is 46.9 Å². The third-order valence-electron chi connectivity index (χ3n) is 1.28. The van der Waals surface area contributed by atoms with Gasteiger partial charge in [0.25, 0.3) is 0 Å². The Morgan fingerprint density at radius 3 is 2.33 bits per heavy atom. The van der Waals surface area contributed by atoms with E-state index in [1.807, 2.05) is 13.8 Å². The first kappa shape index (κ1) is 15.0. The quantitative estimate of drug-likeness (QED) is 0.529. The normalized spacial score (nSPS) is 11.6. The van der Waals surface area contributed by atoms with Gasteiger partial charge in [-0.15, -0.1) is 0 Å². The van der Waals surface area contributed by atoms with Crippen molar-refractivity contribution in [1.29, 1.82) is 0 Å². The molecule has 0 aromatic rings. The molecular weight excluding hydrogens is 317 g/mol. The SMILES string of the molecule is CC(C)C[C@H](N[C-]=O)C(N)=O.[Yb]. The van der Waals surface area contributed by atoms with Gasteiger partial charge >= 0.3 is 0 Å². The zero-order valence-corrected chi connectivity index (χ0v) is 8.74. The van der Waals surface area contributed by atoms with E-state index in [9.17, 15) is 9.59 Å². The molecule has 0 aromatic carbocycles. The summed E-state index contributed by atoms with van der Waals surface area (Å²) in [5.41, 5.74) is 4.99. The molecule has 0 bridgehead atoms. The van der Waals surface area contributed by atoms with Crippen LogP contribution < -0.4 is 11.1 Å². The van der Waals surface area contributed by atoms with Gasteiger partial charge in [0.1, 0.15) is 0 Å². The summed E-state index contributed by atoms with van der Waals surface area (Å²) in [5, 5.41) is 2.23. The van der Waals surface area contributed by atoms with Crippen LogP contribution in [-0.4, -0.2) is 18.4 Å². The maximum absolute atomic E-state index is 10.6. The first-order valence-corrected chi connectivity index (χ1v) is 3.50. The number of carbonyl (C=O) groups excluding carboxylic acids is 2. The predicted octanol–water partition coefficient (Wildman–Crippen LogP) is -0.457. The van der Waals surface area contributed by atoms with Crippen molar-refractivity contribution < 1.29 is 56.5 Å². The Bertz CT molecular complexity index is 150. The molecule has 5 heteroatoms. The van der Waals surface area contributed by atoms with Crippen molar-refractivity contribution in [2.75, 3.05) is 0 Å². The molecule has 0 aromatic heterocycles. The zero-order chi connectivity index (χ0) is 8.85. The van der Waals surface area contributed by atoms with Crippen molar-refractivity contribution >= 4 is 12.3 Å². The van der Waals surface area contributed by atoms with Crippen molar-refractivity contribution in [2.24, 2.45) is 11.7 Å². The van der Waals surface area contributed by atoms with Gasteiger partial charge in [0.2, 0.25) is 5.91 Å². The van der Waals surface area contributed by atoms with E-state index in [0.29, 0.717) is 12.3 Å². The number of rotatable bonds is 5. The van der Waals surface area contributed by atoms with Crippen LogP contribution in [-0.2, 0) is 9.59 Å². The molecule has 78 valence electrons. The van der Waals surface area contributed by atoms with Gasteiger partial charge in [0.05, 0.1) is 6.04 Å². The second-order valence-electron chi connectivity index (χ2n) is 2.83.